The van der Waals surface area contributed by atoms with Gasteiger partial charge in [-0.3, -0.25) is 29.0 Å². The molecule has 0 rings (SSSR count). The zero-order valence-electron chi connectivity index (χ0n) is 12.6. The van der Waals surface area contributed by atoms with E-state index in [0.29, 0.717) is 0 Å². The molecule has 0 amide bonds. The number of carboxylic acid groups (broad SMARTS) is 4. The molecule has 0 aliphatic rings. The summed E-state index contributed by atoms with van der Waals surface area (Å²) in [4.78, 5) is 45.4. The highest BCUT2D eigenvalue weighted by atomic mass is 16.4. The van der Waals surface area contributed by atoms with E-state index in [-0.39, 0.29) is 13.1 Å². The van der Waals surface area contributed by atoms with E-state index in [9.17, 15) is 19.2 Å². The number of aliphatic hydroxyl groups is 2. The van der Waals surface area contributed by atoms with Crippen molar-refractivity contribution in [3.8, 4) is 0 Å². The Morgan fingerprint density at radius 3 is 1.12 bits per heavy atom. The first kappa shape index (κ1) is 21.7. The molecule has 6 N–H and O–H groups in total. The van der Waals surface area contributed by atoms with Gasteiger partial charge < -0.3 is 30.6 Å². The molecule has 0 bridgehead atoms. The lowest BCUT2D eigenvalue weighted by atomic mass is 10.2. The molecule has 2 atom stereocenters. The number of hydrogen-bond acceptors (Lipinski definition) is 8. The average Bonchev–Trinajstić information content (AvgIpc) is 2.43. The van der Waals surface area contributed by atoms with Crippen LogP contribution in [0.1, 0.15) is 0 Å². The highest BCUT2D eigenvalue weighted by Crippen LogP contribution is 2.05. The summed E-state index contributed by atoms with van der Waals surface area (Å²) in [6.07, 6.45) is 0. The lowest BCUT2D eigenvalue weighted by Gasteiger charge is -2.31. The fourth-order valence-corrected chi connectivity index (χ4v) is 1.99. The van der Waals surface area contributed by atoms with Crippen LogP contribution in [0.5, 0.6) is 0 Å². The second-order valence-electron chi connectivity index (χ2n) is 4.80. The molecule has 0 aliphatic heterocycles. The maximum absolute atomic E-state index is 11.0. The Morgan fingerprint density at radius 2 is 0.958 bits per heavy atom. The largest absolute Gasteiger partial charge is 0.480 e. The van der Waals surface area contributed by atoms with Gasteiger partial charge in [0.15, 0.2) is 0 Å². The highest BCUT2D eigenvalue weighted by Gasteiger charge is 2.30. The van der Waals surface area contributed by atoms with Crippen molar-refractivity contribution in [3.05, 3.63) is 0 Å². The second-order valence-corrected chi connectivity index (χ2v) is 4.80. The van der Waals surface area contributed by atoms with Crippen molar-refractivity contribution in [2.45, 2.75) is 12.1 Å². The van der Waals surface area contributed by atoms with Gasteiger partial charge in [0.05, 0.1) is 26.3 Å². The third kappa shape index (κ3) is 7.32. The van der Waals surface area contributed by atoms with Gasteiger partial charge >= 0.3 is 23.9 Å². The van der Waals surface area contributed by atoms with Crippen LogP contribution < -0.4 is 0 Å². The second kappa shape index (κ2) is 10.5. The fourth-order valence-electron chi connectivity index (χ4n) is 1.99. The van der Waals surface area contributed by atoms with E-state index in [1.54, 1.807) is 0 Å². The average molecular weight is 352 g/mol. The maximum Gasteiger partial charge on any atom is 0.323 e. The molecular formula is C12H20N2O10. The third-order valence-electron chi connectivity index (χ3n) is 3.15. The number of hydrogen-bond donors (Lipinski definition) is 6. The Hall–Kier alpha value is -2.28. The molecule has 0 radical (unpaired) electrons. The van der Waals surface area contributed by atoms with Crippen molar-refractivity contribution in [2.24, 2.45) is 0 Å². The van der Waals surface area contributed by atoms with Gasteiger partial charge in [-0.25, -0.2) is 0 Å². The first-order valence-corrected chi connectivity index (χ1v) is 6.73. The predicted octanol–water partition coefficient (Wildman–Crippen LogP) is -3.35. The Kier molecular flexibility index (Phi) is 9.49. The molecule has 24 heavy (non-hydrogen) atoms. The number of carboxylic acids is 4. The third-order valence-corrected chi connectivity index (χ3v) is 3.15. The van der Waals surface area contributed by atoms with Crippen LogP contribution in [-0.2, 0) is 19.2 Å². The van der Waals surface area contributed by atoms with Gasteiger partial charge in [-0.2, -0.15) is 0 Å². The van der Waals surface area contributed by atoms with E-state index in [0.717, 1.165) is 9.80 Å². The van der Waals surface area contributed by atoms with Crippen LogP contribution in [0, 0.1) is 0 Å². The van der Waals surface area contributed by atoms with E-state index in [2.05, 4.69) is 0 Å². The number of nitrogens with zero attached hydrogens (tertiary/aromatic N) is 2. The standard InChI is InChI=1S/C12H20N2O10/c15-5-7(11(21)22)13(3-9(17)18)1-2-14(4-10(19)20)8(6-16)12(23)24/h7-8,15-16H,1-6H2,(H,17,18)(H,19,20)(H,21,22)(H,23,24). The number of aliphatic hydroxyl groups excluding tert-OH is 2. The van der Waals surface area contributed by atoms with Gasteiger partial charge in [0.2, 0.25) is 0 Å². The normalized spacial score (nSPS) is 13.7. The summed E-state index contributed by atoms with van der Waals surface area (Å²) in [6.45, 7) is -3.97. The topological polar surface area (TPSA) is 196 Å². The summed E-state index contributed by atoms with van der Waals surface area (Å²) < 4.78 is 0. The molecule has 0 saturated heterocycles. The first-order valence-electron chi connectivity index (χ1n) is 6.73. The van der Waals surface area contributed by atoms with Crippen LogP contribution >= 0.6 is 0 Å². The molecular weight excluding hydrogens is 332 g/mol. The van der Waals surface area contributed by atoms with E-state index in [1.807, 2.05) is 0 Å². The van der Waals surface area contributed by atoms with Crippen molar-refractivity contribution in [3.63, 3.8) is 0 Å². The minimum atomic E-state index is -1.55. The van der Waals surface area contributed by atoms with E-state index in [1.165, 1.54) is 0 Å². The zero-order chi connectivity index (χ0) is 18.9. The van der Waals surface area contributed by atoms with Crippen LogP contribution in [0.4, 0.5) is 0 Å². The summed E-state index contributed by atoms with van der Waals surface area (Å²) in [7, 11) is 0. The molecule has 12 heteroatoms. The predicted molar refractivity (Wildman–Crippen MR) is 75.4 cm³/mol. The Labute approximate surface area is 136 Å². The molecule has 0 aromatic heterocycles. The van der Waals surface area contributed by atoms with Crippen LogP contribution in [-0.4, -0.2) is 116 Å². The van der Waals surface area contributed by atoms with E-state index < -0.39 is 62.3 Å². The monoisotopic (exact) mass is 352 g/mol. The zero-order valence-corrected chi connectivity index (χ0v) is 12.6. The van der Waals surface area contributed by atoms with Crippen molar-refractivity contribution in [1.29, 1.82) is 0 Å². The van der Waals surface area contributed by atoms with Crippen LogP contribution in [0.3, 0.4) is 0 Å². The van der Waals surface area contributed by atoms with E-state index >= 15 is 0 Å². The van der Waals surface area contributed by atoms with Crippen molar-refractivity contribution in [1.82, 2.24) is 9.80 Å². The summed E-state index contributed by atoms with van der Waals surface area (Å²) in [5, 5.41) is 53.7. The maximum atomic E-state index is 11.0. The molecule has 138 valence electrons. The van der Waals surface area contributed by atoms with Gasteiger partial charge in [0.1, 0.15) is 12.1 Å². The van der Waals surface area contributed by atoms with Gasteiger partial charge in [-0.15, -0.1) is 0 Å². The number of aliphatic carboxylic acids is 4. The molecule has 2 unspecified atom stereocenters. The summed E-state index contributed by atoms with van der Waals surface area (Å²) >= 11 is 0. The fraction of sp³-hybridized carbons (Fsp3) is 0.667. The molecule has 0 aliphatic carbocycles. The number of rotatable bonds is 13. The van der Waals surface area contributed by atoms with Crippen molar-refractivity contribution < 1.29 is 49.8 Å². The minimum Gasteiger partial charge on any atom is -0.480 e. The van der Waals surface area contributed by atoms with Crippen LogP contribution in [0.15, 0.2) is 0 Å². The van der Waals surface area contributed by atoms with Gasteiger partial charge in [0, 0.05) is 13.1 Å². The van der Waals surface area contributed by atoms with Crippen molar-refractivity contribution in [2.75, 3.05) is 39.4 Å². The molecule has 0 saturated carbocycles. The smallest absolute Gasteiger partial charge is 0.323 e. The molecule has 0 aromatic rings. The SMILES string of the molecule is O=C(O)CN(CCN(CC(=O)O)C(CO)C(=O)O)C(CO)C(=O)O. The molecule has 0 aromatic carbocycles. The van der Waals surface area contributed by atoms with Crippen LogP contribution in [0.25, 0.3) is 0 Å². The van der Waals surface area contributed by atoms with Crippen LogP contribution in [0.2, 0.25) is 0 Å². The minimum absolute atomic E-state index is 0.346. The quantitative estimate of drug-likeness (QED) is 0.193. The molecule has 0 heterocycles. The summed E-state index contributed by atoms with van der Waals surface area (Å²) in [6, 6.07) is -3.10. The van der Waals surface area contributed by atoms with Gasteiger partial charge in [-0.05, 0) is 0 Å². The first-order chi connectivity index (χ1) is 11.1. The molecule has 0 fully saturated rings. The summed E-state index contributed by atoms with van der Waals surface area (Å²) in [5.41, 5.74) is 0. The summed E-state index contributed by atoms with van der Waals surface area (Å²) in [5.74, 6) is -5.73. The number of carbonyl (C=O) groups is 4. The van der Waals surface area contributed by atoms with Crippen molar-refractivity contribution >= 4 is 23.9 Å². The Bertz CT molecular complexity index is 427. The lowest BCUT2D eigenvalue weighted by Crippen LogP contribution is -2.53. The van der Waals surface area contributed by atoms with Gasteiger partial charge in [0.25, 0.3) is 0 Å². The Morgan fingerprint density at radius 1 is 0.667 bits per heavy atom. The van der Waals surface area contributed by atoms with E-state index in [4.69, 9.17) is 30.6 Å². The highest BCUT2D eigenvalue weighted by molar-refractivity contribution is 5.76. The lowest BCUT2D eigenvalue weighted by molar-refractivity contribution is -0.152. The Balaban J connectivity index is 5.20. The van der Waals surface area contributed by atoms with Gasteiger partial charge in [-0.1, -0.05) is 0 Å². The molecule has 12 nitrogen and oxygen atoms in total. The molecule has 0 spiro atoms.